The molecule has 2 N–H and O–H groups in total. The average molecular weight is 453 g/mol. The van der Waals surface area contributed by atoms with E-state index in [4.69, 9.17) is 0 Å². The fourth-order valence-electron chi connectivity index (χ4n) is 3.01. The summed E-state index contributed by atoms with van der Waals surface area (Å²) in [5.41, 5.74) is 3.51. The summed E-state index contributed by atoms with van der Waals surface area (Å²) in [7, 11) is 0. The first-order chi connectivity index (χ1) is 16.3. The highest BCUT2D eigenvalue weighted by Gasteiger charge is 2.08. The van der Waals surface area contributed by atoms with Gasteiger partial charge in [0.25, 0.3) is 0 Å². The van der Waals surface area contributed by atoms with Crippen LogP contribution in [0.4, 0.5) is 11.4 Å². The lowest BCUT2D eigenvalue weighted by Crippen LogP contribution is -2.05. The minimum absolute atomic E-state index is 0.157. The van der Waals surface area contributed by atoms with Gasteiger partial charge in [0.05, 0.1) is 0 Å². The molecule has 0 atom stereocenters. The first kappa shape index (κ1) is 24.0. The Labute approximate surface area is 197 Å². The van der Waals surface area contributed by atoms with E-state index in [0.29, 0.717) is 22.5 Å². The highest BCUT2D eigenvalue weighted by Crippen LogP contribution is 2.14. The standard InChI is InChI=1S/C27H23N3O4/c1-18(31)29-24-9-3-20(4-10-24)7-13-26(33)22-15-23(17-28-16-22)27(34)14-8-21-5-11-25(12-6-21)30-19(2)32/h3-17H,1-2H3,(H,29,31)(H,30,32). The van der Waals surface area contributed by atoms with Crippen molar-refractivity contribution in [2.24, 2.45) is 0 Å². The van der Waals surface area contributed by atoms with Gasteiger partial charge in [-0.1, -0.05) is 36.4 Å². The molecule has 2 aromatic carbocycles. The second kappa shape index (κ2) is 11.3. The van der Waals surface area contributed by atoms with Crippen LogP contribution in [0.1, 0.15) is 45.7 Å². The van der Waals surface area contributed by atoms with Crippen LogP contribution in [0.25, 0.3) is 12.2 Å². The minimum Gasteiger partial charge on any atom is -0.326 e. The topological polar surface area (TPSA) is 105 Å². The first-order valence-corrected chi connectivity index (χ1v) is 10.5. The van der Waals surface area contributed by atoms with Crippen molar-refractivity contribution in [1.29, 1.82) is 0 Å². The van der Waals surface area contributed by atoms with Crippen LogP contribution < -0.4 is 10.6 Å². The molecule has 0 unspecified atom stereocenters. The van der Waals surface area contributed by atoms with Gasteiger partial charge < -0.3 is 10.6 Å². The molecule has 0 aliphatic carbocycles. The SMILES string of the molecule is CC(=O)Nc1ccc(C=CC(=O)c2cncc(C(=O)C=Cc3ccc(NC(C)=O)cc3)c2)cc1. The molecule has 0 radical (unpaired) electrons. The zero-order valence-corrected chi connectivity index (χ0v) is 18.7. The number of carbonyl (C=O) groups is 4. The van der Waals surface area contributed by atoms with Crippen molar-refractivity contribution in [2.45, 2.75) is 13.8 Å². The third-order valence-electron chi connectivity index (χ3n) is 4.62. The maximum absolute atomic E-state index is 12.5. The smallest absolute Gasteiger partial charge is 0.221 e. The molecule has 7 nitrogen and oxygen atoms in total. The monoisotopic (exact) mass is 453 g/mol. The molecule has 170 valence electrons. The maximum atomic E-state index is 12.5. The van der Waals surface area contributed by atoms with E-state index in [1.807, 2.05) is 0 Å². The van der Waals surface area contributed by atoms with Crippen molar-refractivity contribution >= 4 is 46.9 Å². The van der Waals surface area contributed by atoms with E-state index in [1.165, 1.54) is 44.5 Å². The van der Waals surface area contributed by atoms with Crippen LogP contribution in [0.3, 0.4) is 0 Å². The lowest BCUT2D eigenvalue weighted by atomic mass is 10.1. The number of hydrogen-bond acceptors (Lipinski definition) is 5. The zero-order chi connectivity index (χ0) is 24.5. The number of rotatable bonds is 8. The summed E-state index contributed by atoms with van der Waals surface area (Å²) in [5, 5.41) is 5.36. The predicted molar refractivity (Wildman–Crippen MR) is 132 cm³/mol. The zero-order valence-electron chi connectivity index (χ0n) is 18.7. The molecule has 1 aromatic heterocycles. The van der Waals surface area contributed by atoms with Gasteiger partial charge in [0.15, 0.2) is 11.6 Å². The molecule has 0 aliphatic heterocycles. The van der Waals surface area contributed by atoms with Gasteiger partial charge in [0, 0.05) is 48.7 Å². The maximum Gasteiger partial charge on any atom is 0.221 e. The van der Waals surface area contributed by atoms with Gasteiger partial charge in [-0.05, 0) is 53.6 Å². The normalized spacial score (nSPS) is 10.9. The van der Waals surface area contributed by atoms with Gasteiger partial charge in [0.2, 0.25) is 11.8 Å². The molecule has 0 bridgehead atoms. The van der Waals surface area contributed by atoms with E-state index in [1.54, 1.807) is 60.7 Å². The summed E-state index contributed by atoms with van der Waals surface area (Å²) in [6.07, 6.45) is 8.94. The molecule has 0 saturated carbocycles. The van der Waals surface area contributed by atoms with Gasteiger partial charge in [-0.15, -0.1) is 0 Å². The Hall–Kier alpha value is -4.65. The molecule has 3 rings (SSSR count). The van der Waals surface area contributed by atoms with Crippen LogP contribution in [0.2, 0.25) is 0 Å². The number of pyridine rings is 1. The Bertz CT molecular complexity index is 1180. The fourth-order valence-corrected chi connectivity index (χ4v) is 3.01. The third-order valence-corrected chi connectivity index (χ3v) is 4.62. The van der Waals surface area contributed by atoms with Crippen molar-refractivity contribution in [3.05, 3.63) is 101 Å². The number of allylic oxidation sites excluding steroid dienone is 2. The Kier molecular flexibility index (Phi) is 7.97. The lowest BCUT2D eigenvalue weighted by Gasteiger charge is -2.02. The number of aromatic nitrogens is 1. The molecule has 34 heavy (non-hydrogen) atoms. The van der Waals surface area contributed by atoms with E-state index in [-0.39, 0.29) is 23.4 Å². The molecule has 1 heterocycles. The molecule has 0 saturated heterocycles. The molecular weight excluding hydrogens is 430 g/mol. The van der Waals surface area contributed by atoms with Crippen molar-refractivity contribution in [3.63, 3.8) is 0 Å². The Morgan fingerprint density at radius 2 is 1.03 bits per heavy atom. The van der Waals surface area contributed by atoms with Crippen LogP contribution in [0.15, 0.2) is 79.1 Å². The predicted octanol–water partition coefficient (Wildman–Crippen LogP) is 4.79. The van der Waals surface area contributed by atoms with Crippen molar-refractivity contribution in [2.75, 3.05) is 10.6 Å². The average Bonchev–Trinajstić information content (AvgIpc) is 2.82. The first-order valence-electron chi connectivity index (χ1n) is 10.5. The van der Waals surface area contributed by atoms with Crippen molar-refractivity contribution in [1.82, 2.24) is 4.98 Å². The number of nitrogens with one attached hydrogen (secondary N) is 2. The van der Waals surface area contributed by atoms with E-state index in [2.05, 4.69) is 15.6 Å². The van der Waals surface area contributed by atoms with Crippen LogP contribution >= 0.6 is 0 Å². The highest BCUT2D eigenvalue weighted by molar-refractivity contribution is 6.10. The molecule has 3 aromatic rings. The fraction of sp³-hybridized carbons (Fsp3) is 0.0741. The van der Waals surface area contributed by atoms with Gasteiger partial charge in [-0.2, -0.15) is 0 Å². The number of benzene rings is 2. The third kappa shape index (κ3) is 7.20. The van der Waals surface area contributed by atoms with Gasteiger partial charge in [-0.3, -0.25) is 24.2 Å². The summed E-state index contributed by atoms with van der Waals surface area (Å²) < 4.78 is 0. The molecule has 7 heteroatoms. The largest absolute Gasteiger partial charge is 0.326 e. The number of amides is 2. The molecule has 0 aliphatic rings. The van der Waals surface area contributed by atoms with E-state index >= 15 is 0 Å². The quantitative estimate of drug-likeness (QED) is 0.377. The van der Waals surface area contributed by atoms with Crippen LogP contribution in [0, 0.1) is 0 Å². The van der Waals surface area contributed by atoms with E-state index < -0.39 is 0 Å². The summed E-state index contributed by atoms with van der Waals surface area (Å²) >= 11 is 0. The Balaban J connectivity index is 1.65. The lowest BCUT2D eigenvalue weighted by molar-refractivity contribution is -0.115. The summed E-state index contributed by atoms with van der Waals surface area (Å²) in [4.78, 5) is 51.3. The highest BCUT2D eigenvalue weighted by atomic mass is 16.2. The Morgan fingerprint density at radius 1 is 0.647 bits per heavy atom. The van der Waals surface area contributed by atoms with Gasteiger partial charge >= 0.3 is 0 Å². The van der Waals surface area contributed by atoms with Gasteiger partial charge in [-0.25, -0.2) is 0 Å². The van der Waals surface area contributed by atoms with Crippen LogP contribution in [-0.2, 0) is 9.59 Å². The van der Waals surface area contributed by atoms with Crippen LogP contribution in [-0.4, -0.2) is 28.4 Å². The van der Waals surface area contributed by atoms with Gasteiger partial charge in [0.1, 0.15) is 0 Å². The summed E-state index contributed by atoms with van der Waals surface area (Å²) in [5.74, 6) is -0.888. The molecule has 0 fully saturated rings. The number of hydrogen-bond donors (Lipinski definition) is 2. The number of carbonyl (C=O) groups excluding carboxylic acids is 4. The molecule has 0 spiro atoms. The van der Waals surface area contributed by atoms with Crippen molar-refractivity contribution < 1.29 is 19.2 Å². The summed E-state index contributed by atoms with van der Waals surface area (Å²) in [6, 6.07) is 15.6. The second-order valence-corrected chi connectivity index (χ2v) is 7.46. The second-order valence-electron chi connectivity index (χ2n) is 7.46. The van der Waals surface area contributed by atoms with Crippen LogP contribution in [0.5, 0.6) is 0 Å². The Morgan fingerprint density at radius 3 is 1.38 bits per heavy atom. The van der Waals surface area contributed by atoms with E-state index in [9.17, 15) is 19.2 Å². The molecular formula is C27H23N3O4. The number of ketones is 2. The molecule has 2 amide bonds. The van der Waals surface area contributed by atoms with Crippen molar-refractivity contribution in [3.8, 4) is 0 Å². The van der Waals surface area contributed by atoms with E-state index in [0.717, 1.165) is 11.1 Å². The number of nitrogens with zero attached hydrogens (tertiary/aromatic N) is 1. The number of anilines is 2. The minimum atomic E-state index is -0.286. The summed E-state index contributed by atoms with van der Waals surface area (Å²) in [6.45, 7) is 2.86.